The quantitative estimate of drug-likeness (QED) is 0.624. The van der Waals surface area contributed by atoms with Crippen LogP contribution >= 0.6 is 23.4 Å². The van der Waals surface area contributed by atoms with E-state index in [1.807, 2.05) is 41.9 Å². The van der Waals surface area contributed by atoms with Gasteiger partial charge in [0.05, 0.1) is 6.61 Å². The largest absolute Gasteiger partial charge is 0.366 e. The Morgan fingerprint density at radius 3 is 2.86 bits per heavy atom. The predicted molar refractivity (Wildman–Crippen MR) is 111 cm³/mol. The van der Waals surface area contributed by atoms with Gasteiger partial charge in [-0.1, -0.05) is 41.6 Å². The third-order valence-corrected chi connectivity index (χ3v) is 6.42. The fraction of sp³-hybridized carbons (Fsp3) is 0.350. The molecule has 146 valence electrons. The molecule has 2 aromatic heterocycles. The van der Waals surface area contributed by atoms with Crippen molar-refractivity contribution < 1.29 is 9.64 Å². The van der Waals surface area contributed by atoms with Gasteiger partial charge < -0.3 is 14.2 Å². The van der Waals surface area contributed by atoms with Crippen LogP contribution in [0.1, 0.15) is 5.56 Å². The number of ether oxygens (including phenoxy) is 1. The van der Waals surface area contributed by atoms with Gasteiger partial charge in [0, 0.05) is 41.3 Å². The lowest BCUT2D eigenvalue weighted by Gasteiger charge is -2.30. The fourth-order valence-electron chi connectivity index (χ4n) is 3.39. The number of benzene rings is 1. The smallest absolute Gasteiger partial charge is 0.191 e. The minimum Gasteiger partial charge on any atom is -0.366 e. The molecule has 1 aliphatic rings. The Hall–Kier alpha value is -1.93. The van der Waals surface area contributed by atoms with Crippen molar-refractivity contribution in [2.45, 2.75) is 17.8 Å². The number of rotatable bonds is 6. The zero-order valence-corrected chi connectivity index (χ0v) is 17.3. The maximum atomic E-state index is 6.32. The molecule has 0 radical (unpaired) electrons. The van der Waals surface area contributed by atoms with Crippen LogP contribution in [0, 0.1) is 0 Å². The molecule has 2 atom stereocenters. The molecule has 0 saturated carbocycles. The predicted octanol–water partition coefficient (Wildman–Crippen LogP) is 2.11. The summed E-state index contributed by atoms with van der Waals surface area (Å²) >= 11 is 8.01. The number of hydrogen-bond acceptors (Lipinski definition) is 5. The van der Waals surface area contributed by atoms with Crippen LogP contribution in [0.25, 0.3) is 11.4 Å². The van der Waals surface area contributed by atoms with Crippen LogP contribution in [-0.4, -0.2) is 51.3 Å². The standard InChI is InChI=1S/C20H22ClN5OS/c1-25-19(15-6-8-22-9-7-15)23-24-20(25)28-14-17-13-26(10-11-27-17)12-16-4-2-3-5-18(16)21/h2-9,17H,10-14H2,1H3/p+1/t17-/m0/s1. The first-order chi connectivity index (χ1) is 13.7. The highest BCUT2D eigenvalue weighted by atomic mass is 35.5. The van der Waals surface area contributed by atoms with Gasteiger partial charge in [-0.3, -0.25) is 4.98 Å². The van der Waals surface area contributed by atoms with Gasteiger partial charge in [0.2, 0.25) is 0 Å². The zero-order chi connectivity index (χ0) is 19.3. The minimum absolute atomic E-state index is 0.192. The number of pyridine rings is 1. The topological polar surface area (TPSA) is 57.3 Å². The number of halogens is 1. The molecule has 1 aromatic carbocycles. The van der Waals surface area contributed by atoms with Gasteiger partial charge in [-0.05, 0) is 18.2 Å². The average molecular weight is 417 g/mol. The Bertz CT molecular complexity index is 920. The first-order valence-corrected chi connectivity index (χ1v) is 10.7. The number of morpholine rings is 1. The Balaban J connectivity index is 1.35. The molecule has 1 saturated heterocycles. The van der Waals surface area contributed by atoms with E-state index < -0.39 is 0 Å². The highest BCUT2D eigenvalue weighted by Crippen LogP contribution is 2.23. The van der Waals surface area contributed by atoms with Gasteiger partial charge in [-0.2, -0.15) is 0 Å². The van der Waals surface area contributed by atoms with Gasteiger partial charge in [0.15, 0.2) is 11.0 Å². The summed E-state index contributed by atoms with van der Waals surface area (Å²) in [5.41, 5.74) is 2.21. The Morgan fingerprint density at radius 2 is 2.04 bits per heavy atom. The molecular weight excluding hydrogens is 394 g/mol. The Morgan fingerprint density at radius 1 is 1.21 bits per heavy atom. The summed E-state index contributed by atoms with van der Waals surface area (Å²) in [6.07, 6.45) is 3.73. The van der Waals surface area contributed by atoms with Crippen molar-refractivity contribution >= 4 is 23.4 Å². The van der Waals surface area contributed by atoms with Crippen LogP contribution in [0.15, 0.2) is 53.9 Å². The van der Waals surface area contributed by atoms with Crippen molar-refractivity contribution in [3.63, 3.8) is 0 Å². The van der Waals surface area contributed by atoms with E-state index in [0.29, 0.717) is 0 Å². The molecule has 3 aromatic rings. The summed E-state index contributed by atoms with van der Waals surface area (Å²) in [7, 11) is 1.99. The number of aromatic nitrogens is 4. The molecule has 6 nitrogen and oxygen atoms in total. The maximum Gasteiger partial charge on any atom is 0.191 e. The average Bonchev–Trinajstić information content (AvgIpc) is 3.09. The van der Waals surface area contributed by atoms with E-state index in [0.717, 1.165) is 53.6 Å². The third-order valence-electron chi connectivity index (χ3n) is 4.90. The van der Waals surface area contributed by atoms with Crippen molar-refractivity contribution in [1.82, 2.24) is 19.7 Å². The molecule has 1 fully saturated rings. The summed E-state index contributed by atoms with van der Waals surface area (Å²) in [6, 6.07) is 12.0. The second kappa shape index (κ2) is 9.05. The molecule has 0 bridgehead atoms. The second-order valence-electron chi connectivity index (χ2n) is 6.88. The van der Waals surface area contributed by atoms with E-state index in [9.17, 15) is 0 Å². The first-order valence-electron chi connectivity index (χ1n) is 9.32. The van der Waals surface area contributed by atoms with Gasteiger partial charge in [-0.25, -0.2) is 0 Å². The van der Waals surface area contributed by atoms with E-state index in [2.05, 4.69) is 21.2 Å². The molecule has 0 aliphatic carbocycles. The molecule has 3 heterocycles. The lowest BCUT2D eigenvalue weighted by molar-refractivity contribution is -0.924. The lowest BCUT2D eigenvalue weighted by atomic mass is 10.2. The Labute approximate surface area is 173 Å². The number of quaternary nitrogens is 1. The third kappa shape index (κ3) is 4.55. The van der Waals surface area contributed by atoms with Gasteiger partial charge in [0.25, 0.3) is 0 Å². The van der Waals surface area contributed by atoms with Gasteiger partial charge in [0.1, 0.15) is 25.7 Å². The molecule has 8 heteroatoms. The summed E-state index contributed by atoms with van der Waals surface area (Å²) in [5, 5.41) is 10.4. The summed E-state index contributed by atoms with van der Waals surface area (Å²) in [6.45, 7) is 3.67. The number of nitrogens with one attached hydrogen (secondary N) is 1. The van der Waals surface area contributed by atoms with Crippen LogP contribution in [0.3, 0.4) is 0 Å². The molecule has 4 rings (SSSR count). The minimum atomic E-state index is 0.192. The summed E-state index contributed by atoms with van der Waals surface area (Å²) in [4.78, 5) is 5.56. The molecule has 0 amide bonds. The molecular formula is C20H23ClN5OS+. The number of nitrogens with zero attached hydrogens (tertiary/aromatic N) is 4. The van der Waals surface area contributed by atoms with Crippen LogP contribution in [-0.2, 0) is 18.3 Å². The van der Waals surface area contributed by atoms with Gasteiger partial charge in [-0.15, -0.1) is 10.2 Å². The van der Waals surface area contributed by atoms with Crippen LogP contribution in [0.5, 0.6) is 0 Å². The van der Waals surface area contributed by atoms with Crippen LogP contribution in [0.4, 0.5) is 0 Å². The fourth-order valence-corrected chi connectivity index (χ4v) is 4.52. The summed E-state index contributed by atoms with van der Waals surface area (Å²) in [5.74, 6) is 1.70. The van der Waals surface area contributed by atoms with Gasteiger partial charge >= 0.3 is 0 Å². The molecule has 1 unspecified atom stereocenters. The van der Waals surface area contributed by atoms with Crippen molar-refractivity contribution in [2.75, 3.05) is 25.4 Å². The lowest BCUT2D eigenvalue weighted by Crippen LogP contribution is -3.13. The van der Waals surface area contributed by atoms with Crippen molar-refractivity contribution in [3.8, 4) is 11.4 Å². The van der Waals surface area contributed by atoms with E-state index >= 15 is 0 Å². The van der Waals surface area contributed by atoms with E-state index in [1.165, 1.54) is 10.5 Å². The molecule has 1 aliphatic heterocycles. The van der Waals surface area contributed by atoms with Crippen molar-refractivity contribution in [3.05, 3.63) is 59.4 Å². The number of hydrogen-bond donors (Lipinski definition) is 1. The van der Waals surface area contributed by atoms with Crippen LogP contribution in [0.2, 0.25) is 5.02 Å². The maximum absolute atomic E-state index is 6.32. The summed E-state index contributed by atoms with van der Waals surface area (Å²) < 4.78 is 8.01. The second-order valence-corrected chi connectivity index (χ2v) is 8.27. The van der Waals surface area contributed by atoms with Crippen LogP contribution < -0.4 is 4.90 Å². The highest BCUT2D eigenvalue weighted by molar-refractivity contribution is 7.99. The van der Waals surface area contributed by atoms with Crippen molar-refractivity contribution in [1.29, 1.82) is 0 Å². The zero-order valence-electron chi connectivity index (χ0n) is 15.7. The number of thioether (sulfide) groups is 1. The van der Waals surface area contributed by atoms with E-state index in [4.69, 9.17) is 16.3 Å². The molecule has 1 N–H and O–H groups in total. The highest BCUT2D eigenvalue weighted by Gasteiger charge is 2.25. The molecule has 0 spiro atoms. The van der Waals surface area contributed by atoms with Crippen molar-refractivity contribution in [2.24, 2.45) is 7.05 Å². The van der Waals surface area contributed by atoms with E-state index in [-0.39, 0.29) is 6.10 Å². The molecule has 28 heavy (non-hydrogen) atoms. The Kier molecular flexibility index (Phi) is 6.26. The SMILES string of the molecule is Cn1c(SC[C@@H]2C[NH+](Cc3ccccc3Cl)CCO2)nnc1-c1ccncc1. The monoisotopic (exact) mass is 416 g/mol. The normalized spacial score (nSPS) is 19.6. The first kappa shape index (κ1) is 19.4. The van der Waals surface area contributed by atoms with E-state index in [1.54, 1.807) is 24.2 Å².